The van der Waals surface area contributed by atoms with Crippen LogP contribution in [0.4, 0.5) is 5.69 Å². The van der Waals surface area contributed by atoms with Crippen molar-refractivity contribution in [3.63, 3.8) is 0 Å². The SMILES string of the molecule is CC1CCCC(CNc2ccc(-n3cncn3)cc2)C1. The zero-order valence-corrected chi connectivity index (χ0v) is 12.0. The van der Waals surface area contributed by atoms with Crippen molar-refractivity contribution in [1.29, 1.82) is 0 Å². The minimum absolute atomic E-state index is 0.828. The maximum Gasteiger partial charge on any atom is 0.138 e. The topological polar surface area (TPSA) is 42.7 Å². The summed E-state index contributed by atoms with van der Waals surface area (Å²) in [5, 5.41) is 7.69. The van der Waals surface area contributed by atoms with E-state index in [1.807, 2.05) is 0 Å². The van der Waals surface area contributed by atoms with Crippen molar-refractivity contribution in [2.24, 2.45) is 11.8 Å². The van der Waals surface area contributed by atoms with Gasteiger partial charge in [-0.1, -0.05) is 19.8 Å². The molecule has 0 amide bonds. The van der Waals surface area contributed by atoms with Crippen molar-refractivity contribution in [1.82, 2.24) is 14.8 Å². The molecule has 1 saturated carbocycles. The maximum atomic E-state index is 4.13. The molecule has 0 saturated heterocycles. The molecule has 106 valence electrons. The number of nitrogens with one attached hydrogen (secondary N) is 1. The Labute approximate surface area is 120 Å². The van der Waals surface area contributed by atoms with E-state index in [-0.39, 0.29) is 0 Å². The van der Waals surface area contributed by atoms with Gasteiger partial charge in [0.2, 0.25) is 0 Å². The Bertz CT molecular complexity index is 518. The minimum atomic E-state index is 0.828. The number of hydrogen-bond donors (Lipinski definition) is 1. The summed E-state index contributed by atoms with van der Waals surface area (Å²) < 4.78 is 1.77. The molecule has 0 aliphatic heterocycles. The van der Waals surface area contributed by atoms with Gasteiger partial charge >= 0.3 is 0 Å². The Morgan fingerprint density at radius 1 is 1.25 bits per heavy atom. The van der Waals surface area contributed by atoms with Crippen LogP contribution in [0.3, 0.4) is 0 Å². The van der Waals surface area contributed by atoms with Crippen LogP contribution in [0.2, 0.25) is 0 Å². The van der Waals surface area contributed by atoms with E-state index in [0.29, 0.717) is 0 Å². The first kappa shape index (κ1) is 13.2. The van der Waals surface area contributed by atoms with Gasteiger partial charge < -0.3 is 5.32 Å². The van der Waals surface area contributed by atoms with Gasteiger partial charge in [-0.3, -0.25) is 0 Å². The molecule has 2 aromatic rings. The summed E-state index contributed by atoms with van der Waals surface area (Å²) in [5.74, 6) is 1.72. The highest BCUT2D eigenvalue weighted by Gasteiger charge is 2.18. The molecular formula is C16H22N4. The minimum Gasteiger partial charge on any atom is -0.385 e. The van der Waals surface area contributed by atoms with Crippen LogP contribution >= 0.6 is 0 Å². The first-order valence-corrected chi connectivity index (χ1v) is 7.50. The summed E-state index contributed by atoms with van der Waals surface area (Å²) in [5.41, 5.74) is 2.23. The fraction of sp³-hybridized carbons (Fsp3) is 0.500. The molecule has 4 nitrogen and oxygen atoms in total. The summed E-state index contributed by atoms with van der Waals surface area (Å²) in [6.07, 6.45) is 8.79. The Morgan fingerprint density at radius 3 is 2.80 bits per heavy atom. The van der Waals surface area contributed by atoms with Crippen LogP contribution in [0.25, 0.3) is 5.69 Å². The predicted molar refractivity (Wildman–Crippen MR) is 81.0 cm³/mol. The number of aromatic nitrogens is 3. The first-order valence-electron chi connectivity index (χ1n) is 7.50. The lowest BCUT2D eigenvalue weighted by Crippen LogP contribution is -2.20. The molecule has 1 aliphatic carbocycles. The van der Waals surface area contributed by atoms with E-state index in [9.17, 15) is 0 Å². The van der Waals surface area contributed by atoms with E-state index in [1.54, 1.807) is 17.3 Å². The molecule has 1 aromatic carbocycles. The summed E-state index contributed by atoms with van der Waals surface area (Å²) in [7, 11) is 0. The Kier molecular flexibility index (Phi) is 4.00. The first-order chi connectivity index (χ1) is 9.81. The number of nitrogens with zero attached hydrogens (tertiary/aromatic N) is 3. The second-order valence-corrected chi connectivity index (χ2v) is 5.91. The molecule has 0 bridgehead atoms. The molecular weight excluding hydrogens is 248 g/mol. The quantitative estimate of drug-likeness (QED) is 0.924. The fourth-order valence-corrected chi connectivity index (χ4v) is 3.08. The van der Waals surface area contributed by atoms with Gasteiger partial charge in [-0.25, -0.2) is 9.67 Å². The highest BCUT2D eigenvalue weighted by atomic mass is 15.3. The average Bonchev–Trinajstić information content (AvgIpc) is 3.00. The van der Waals surface area contributed by atoms with Crippen molar-refractivity contribution in [2.75, 3.05) is 11.9 Å². The summed E-state index contributed by atoms with van der Waals surface area (Å²) in [4.78, 5) is 3.96. The molecule has 0 spiro atoms. The lowest BCUT2D eigenvalue weighted by Gasteiger charge is -2.27. The molecule has 4 heteroatoms. The number of rotatable bonds is 4. The van der Waals surface area contributed by atoms with Crippen LogP contribution in [-0.4, -0.2) is 21.3 Å². The predicted octanol–water partition coefficient (Wildman–Crippen LogP) is 3.51. The van der Waals surface area contributed by atoms with Gasteiger partial charge in [-0.15, -0.1) is 0 Å². The van der Waals surface area contributed by atoms with Gasteiger partial charge in [0.15, 0.2) is 0 Å². The maximum absolute atomic E-state index is 4.13. The van der Waals surface area contributed by atoms with Gasteiger partial charge in [0, 0.05) is 12.2 Å². The van der Waals surface area contributed by atoms with Crippen LogP contribution in [0.5, 0.6) is 0 Å². The third kappa shape index (κ3) is 3.18. The second-order valence-electron chi connectivity index (χ2n) is 5.91. The lowest BCUT2D eigenvalue weighted by atomic mass is 9.82. The van der Waals surface area contributed by atoms with E-state index in [1.165, 1.54) is 31.4 Å². The van der Waals surface area contributed by atoms with E-state index in [0.717, 1.165) is 24.1 Å². The third-order valence-corrected chi connectivity index (χ3v) is 4.19. The van der Waals surface area contributed by atoms with Gasteiger partial charge in [-0.2, -0.15) is 5.10 Å². The molecule has 1 heterocycles. The lowest BCUT2D eigenvalue weighted by molar-refractivity contribution is 0.293. The molecule has 1 aliphatic rings. The summed E-state index contributed by atoms with van der Waals surface area (Å²) in [6, 6.07) is 8.37. The van der Waals surface area contributed by atoms with Crippen molar-refractivity contribution < 1.29 is 0 Å². The highest BCUT2D eigenvalue weighted by molar-refractivity contribution is 5.48. The van der Waals surface area contributed by atoms with E-state index < -0.39 is 0 Å². The number of benzene rings is 1. The van der Waals surface area contributed by atoms with Crippen LogP contribution in [-0.2, 0) is 0 Å². The van der Waals surface area contributed by atoms with Crippen LogP contribution in [0, 0.1) is 11.8 Å². The van der Waals surface area contributed by atoms with Gasteiger partial charge in [0.25, 0.3) is 0 Å². The Morgan fingerprint density at radius 2 is 2.10 bits per heavy atom. The molecule has 2 unspecified atom stereocenters. The van der Waals surface area contributed by atoms with E-state index in [4.69, 9.17) is 0 Å². The molecule has 1 fully saturated rings. The smallest absolute Gasteiger partial charge is 0.138 e. The van der Waals surface area contributed by atoms with E-state index >= 15 is 0 Å². The third-order valence-electron chi connectivity index (χ3n) is 4.19. The normalized spacial score (nSPS) is 22.6. The molecule has 0 radical (unpaired) electrons. The molecule has 3 rings (SSSR count). The highest BCUT2D eigenvalue weighted by Crippen LogP contribution is 2.28. The van der Waals surface area contributed by atoms with Crippen molar-refractivity contribution >= 4 is 5.69 Å². The Balaban J connectivity index is 1.56. The largest absolute Gasteiger partial charge is 0.385 e. The van der Waals surface area contributed by atoms with Crippen LogP contribution in [0.1, 0.15) is 32.6 Å². The number of anilines is 1. The van der Waals surface area contributed by atoms with Crippen molar-refractivity contribution in [2.45, 2.75) is 32.6 Å². The molecule has 2 atom stereocenters. The summed E-state index contributed by atoms with van der Waals surface area (Å²) in [6.45, 7) is 3.46. The van der Waals surface area contributed by atoms with Crippen LogP contribution in [0.15, 0.2) is 36.9 Å². The standard InChI is InChI=1S/C16H22N4/c1-13-3-2-4-14(9-13)10-18-15-5-7-16(8-6-15)20-12-17-11-19-20/h5-8,11-14,18H,2-4,9-10H2,1H3. The van der Waals surface area contributed by atoms with Crippen LogP contribution < -0.4 is 5.32 Å². The number of hydrogen-bond acceptors (Lipinski definition) is 3. The molecule has 20 heavy (non-hydrogen) atoms. The van der Waals surface area contributed by atoms with Crippen molar-refractivity contribution in [3.05, 3.63) is 36.9 Å². The molecule has 1 N–H and O–H groups in total. The average molecular weight is 270 g/mol. The fourth-order valence-electron chi connectivity index (χ4n) is 3.08. The van der Waals surface area contributed by atoms with Gasteiger partial charge in [-0.05, 0) is 48.9 Å². The Hall–Kier alpha value is -1.84. The monoisotopic (exact) mass is 270 g/mol. The van der Waals surface area contributed by atoms with Gasteiger partial charge in [0.1, 0.15) is 12.7 Å². The van der Waals surface area contributed by atoms with E-state index in [2.05, 4.69) is 46.6 Å². The van der Waals surface area contributed by atoms with Gasteiger partial charge in [0.05, 0.1) is 5.69 Å². The van der Waals surface area contributed by atoms with Crippen molar-refractivity contribution in [3.8, 4) is 5.69 Å². The summed E-state index contributed by atoms with van der Waals surface area (Å²) >= 11 is 0. The molecule has 1 aromatic heterocycles. The zero-order chi connectivity index (χ0) is 13.8. The second kappa shape index (κ2) is 6.07. The zero-order valence-electron chi connectivity index (χ0n) is 12.0.